The number of benzene rings is 1. The number of nitrogens with one attached hydrogen (secondary N) is 1. The van der Waals surface area contributed by atoms with E-state index in [2.05, 4.69) is 12.2 Å². The predicted molar refractivity (Wildman–Crippen MR) is 110 cm³/mol. The number of likely N-dealkylation sites (tertiary alicyclic amines) is 1. The summed E-state index contributed by atoms with van der Waals surface area (Å²) in [5.41, 5.74) is 0.930. The highest BCUT2D eigenvalue weighted by molar-refractivity contribution is 5.94. The lowest BCUT2D eigenvalue weighted by Gasteiger charge is -2.33. The van der Waals surface area contributed by atoms with Crippen LogP contribution in [0, 0.1) is 5.92 Å². The van der Waals surface area contributed by atoms with Crippen LogP contribution in [0.25, 0.3) is 6.08 Å². The van der Waals surface area contributed by atoms with Crippen molar-refractivity contribution in [2.45, 2.75) is 32.6 Å². The molecular formula is C22H31N3O3. The molecule has 0 spiro atoms. The fourth-order valence-corrected chi connectivity index (χ4v) is 3.26. The van der Waals surface area contributed by atoms with Crippen molar-refractivity contribution < 1.29 is 14.4 Å². The fourth-order valence-electron chi connectivity index (χ4n) is 3.26. The average molecular weight is 386 g/mol. The lowest BCUT2D eigenvalue weighted by molar-refractivity contribution is -0.139. The van der Waals surface area contributed by atoms with E-state index in [4.69, 9.17) is 0 Å². The van der Waals surface area contributed by atoms with Gasteiger partial charge in [-0.15, -0.1) is 0 Å². The summed E-state index contributed by atoms with van der Waals surface area (Å²) >= 11 is 0. The zero-order chi connectivity index (χ0) is 20.4. The third-order valence-electron chi connectivity index (χ3n) is 5.06. The molecule has 2 rings (SSSR count). The minimum atomic E-state index is -0.292. The van der Waals surface area contributed by atoms with Gasteiger partial charge >= 0.3 is 0 Å². The number of piperidine rings is 1. The summed E-state index contributed by atoms with van der Waals surface area (Å²) in [6.45, 7) is 4.00. The first-order valence-electron chi connectivity index (χ1n) is 10.0. The third-order valence-corrected chi connectivity index (χ3v) is 5.06. The molecule has 1 saturated heterocycles. The maximum Gasteiger partial charge on any atom is 0.244 e. The Morgan fingerprint density at radius 2 is 1.86 bits per heavy atom. The van der Waals surface area contributed by atoms with Gasteiger partial charge in [0.2, 0.25) is 17.7 Å². The summed E-state index contributed by atoms with van der Waals surface area (Å²) in [4.78, 5) is 40.2. The van der Waals surface area contributed by atoms with Gasteiger partial charge in [0.15, 0.2) is 0 Å². The van der Waals surface area contributed by atoms with Crippen molar-refractivity contribution in [3.63, 3.8) is 0 Å². The Morgan fingerprint density at radius 1 is 1.18 bits per heavy atom. The monoisotopic (exact) mass is 385 g/mol. The summed E-state index contributed by atoms with van der Waals surface area (Å²) in [5.74, 6) is -0.222. The summed E-state index contributed by atoms with van der Waals surface area (Å²) in [6.07, 6.45) is 6.59. The molecule has 1 N–H and O–H groups in total. The Bertz CT molecular complexity index is 680. The van der Waals surface area contributed by atoms with Crippen LogP contribution in [-0.2, 0) is 14.4 Å². The number of hydrogen-bond acceptors (Lipinski definition) is 3. The minimum absolute atomic E-state index is 0.00527. The molecule has 0 atom stereocenters. The van der Waals surface area contributed by atoms with E-state index >= 15 is 0 Å². The topological polar surface area (TPSA) is 69.7 Å². The van der Waals surface area contributed by atoms with Crippen molar-refractivity contribution in [3.8, 4) is 0 Å². The van der Waals surface area contributed by atoms with Crippen LogP contribution in [0.1, 0.15) is 38.2 Å². The van der Waals surface area contributed by atoms with Crippen LogP contribution >= 0.6 is 0 Å². The second-order valence-corrected chi connectivity index (χ2v) is 7.23. The summed E-state index contributed by atoms with van der Waals surface area (Å²) in [5, 5.41) is 2.63. The maximum absolute atomic E-state index is 12.4. The number of carbonyl (C=O) groups is 3. The number of unbranched alkanes of at least 4 members (excludes halogenated alkanes) is 1. The van der Waals surface area contributed by atoms with E-state index in [9.17, 15) is 14.4 Å². The van der Waals surface area contributed by atoms with Gasteiger partial charge in [0.25, 0.3) is 0 Å². The second-order valence-electron chi connectivity index (χ2n) is 7.23. The lowest BCUT2D eigenvalue weighted by Crippen LogP contribution is -2.46. The highest BCUT2D eigenvalue weighted by Crippen LogP contribution is 2.19. The minimum Gasteiger partial charge on any atom is -0.346 e. The molecular weight excluding hydrogens is 354 g/mol. The Labute approximate surface area is 167 Å². The van der Waals surface area contributed by atoms with Gasteiger partial charge in [0.05, 0.1) is 6.54 Å². The molecule has 1 fully saturated rings. The van der Waals surface area contributed by atoms with Gasteiger partial charge in [-0.3, -0.25) is 14.4 Å². The Hall–Kier alpha value is -2.63. The highest BCUT2D eigenvalue weighted by atomic mass is 16.2. The molecule has 3 amide bonds. The number of hydrogen-bond donors (Lipinski definition) is 1. The standard InChI is InChI=1S/C22H31N3O3/c1-3-4-14-24(2)22(28)19-12-15-25(16-13-19)21(27)17-23-20(26)11-10-18-8-6-5-7-9-18/h5-11,19H,3-4,12-17H2,1-2H3,(H,23,26)/b11-10+. The number of rotatable bonds is 8. The summed E-state index contributed by atoms with van der Waals surface area (Å²) < 4.78 is 0. The molecule has 0 radical (unpaired) electrons. The van der Waals surface area contributed by atoms with Gasteiger partial charge in [-0.05, 0) is 30.9 Å². The van der Waals surface area contributed by atoms with Crippen LogP contribution in [0.5, 0.6) is 0 Å². The SMILES string of the molecule is CCCCN(C)C(=O)C1CCN(C(=O)CNC(=O)/C=C/c2ccccc2)CC1. The first kappa shape index (κ1) is 21.7. The van der Waals surface area contributed by atoms with Gasteiger partial charge in [0, 0.05) is 38.7 Å². The zero-order valence-corrected chi connectivity index (χ0v) is 16.9. The van der Waals surface area contributed by atoms with E-state index in [-0.39, 0.29) is 30.2 Å². The van der Waals surface area contributed by atoms with Gasteiger partial charge in [-0.1, -0.05) is 43.7 Å². The van der Waals surface area contributed by atoms with Gasteiger partial charge < -0.3 is 15.1 Å². The molecule has 6 nitrogen and oxygen atoms in total. The van der Waals surface area contributed by atoms with E-state index in [1.54, 1.807) is 11.0 Å². The van der Waals surface area contributed by atoms with Gasteiger partial charge in [-0.2, -0.15) is 0 Å². The lowest BCUT2D eigenvalue weighted by atomic mass is 9.95. The quantitative estimate of drug-likeness (QED) is 0.698. The first-order valence-corrected chi connectivity index (χ1v) is 10.0. The molecule has 28 heavy (non-hydrogen) atoms. The van der Waals surface area contributed by atoms with Gasteiger partial charge in [-0.25, -0.2) is 0 Å². The first-order chi connectivity index (χ1) is 13.5. The molecule has 0 saturated carbocycles. The van der Waals surface area contributed by atoms with E-state index in [0.717, 1.165) is 24.9 Å². The largest absolute Gasteiger partial charge is 0.346 e. The molecule has 0 unspecified atom stereocenters. The maximum atomic E-state index is 12.4. The van der Waals surface area contributed by atoms with Crippen LogP contribution in [0.15, 0.2) is 36.4 Å². The van der Waals surface area contributed by atoms with Crippen LogP contribution in [0.3, 0.4) is 0 Å². The molecule has 0 bridgehead atoms. The van der Waals surface area contributed by atoms with Crippen molar-refractivity contribution >= 4 is 23.8 Å². The fraction of sp³-hybridized carbons (Fsp3) is 0.500. The van der Waals surface area contributed by atoms with Crippen molar-refractivity contribution in [2.24, 2.45) is 5.92 Å². The number of nitrogens with zero attached hydrogens (tertiary/aromatic N) is 2. The normalized spacial score (nSPS) is 14.9. The summed E-state index contributed by atoms with van der Waals surface area (Å²) in [6, 6.07) is 9.52. The average Bonchev–Trinajstić information content (AvgIpc) is 2.74. The molecule has 1 aromatic carbocycles. The van der Waals surface area contributed by atoms with Gasteiger partial charge in [0.1, 0.15) is 0 Å². The Balaban J connectivity index is 1.71. The second kappa shape index (κ2) is 11.3. The molecule has 1 aliphatic heterocycles. The van der Waals surface area contributed by atoms with Crippen molar-refractivity contribution in [3.05, 3.63) is 42.0 Å². The van der Waals surface area contributed by atoms with Crippen LogP contribution in [0.4, 0.5) is 0 Å². The molecule has 6 heteroatoms. The molecule has 1 aromatic rings. The van der Waals surface area contributed by atoms with Crippen LogP contribution in [-0.4, -0.2) is 60.7 Å². The van der Waals surface area contributed by atoms with Crippen molar-refractivity contribution in [2.75, 3.05) is 33.2 Å². The molecule has 0 aliphatic carbocycles. The van der Waals surface area contributed by atoms with Crippen molar-refractivity contribution in [1.82, 2.24) is 15.1 Å². The van der Waals surface area contributed by atoms with E-state index < -0.39 is 0 Å². The molecule has 1 aliphatic rings. The summed E-state index contributed by atoms with van der Waals surface area (Å²) in [7, 11) is 1.86. The Morgan fingerprint density at radius 3 is 2.50 bits per heavy atom. The van der Waals surface area contributed by atoms with Crippen molar-refractivity contribution in [1.29, 1.82) is 0 Å². The van der Waals surface area contributed by atoms with E-state index in [1.807, 2.05) is 42.3 Å². The Kier molecular flexibility index (Phi) is 8.72. The third kappa shape index (κ3) is 6.83. The van der Waals surface area contributed by atoms with E-state index in [0.29, 0.717) is 25.9 Å². The molecule has 1 heterocycles. The number of amides is 3. The van der Waals surface area contributed by atoms with Crippen LogP contribution < -0.4 is 5.32 Å². The molecule has 152 valence electrons. The molecule has 0 aromatic heterocycles. The smallest absolute Gasteiger partial charge is 0.244 e. The van der Waals surface area contributed by atoms with Crippen LogP contribution in [0.2, 0.25) is 0 Å². The predicted octanol–water partition coefficient (Wildman–Crippen LogP) is 2.31. The highest BCUT2D eigenvalue weighted by Gasteiger charge is 2.28. The number of carbonyl (C=O) groups excluding carboxylic acids is 3. The van der Waals surface area contributed by atoms with E-state index in [1.165, 1.54) is 6.08 Å². The zero-order valence-electron chi connectivity index (χ0n) is 16.9.